The Morgan fingerprint density at radius 1 is 0.500 bits per heavy atom. The fourth-order valence-corrected chi connectivity index (χ4v) is 1.43. The molecule has 0 aromatic rings. The van der Waals surface area contributed by atoms with Crippen LogP contribution in [-0.4, -0.2) is 87.9 Å². The summed E-state index contributed by atoms with van der Waals surface area (Å²) in [5.74, 6) is -10.0. The zero-order valence-electron chi connectivity index (χ0n) is 13.5. The predicted octanol–water partition coefficient (Wildman–Crippen LogP) is -2.50. The van der Waals surface area contributed by atoms with Crippen molar-refractivity contribution in [2.75, 3.05) is 0 Å². The van der Waals surface area contributed by atoms with E-state index in [4.69, 9.17) is 40.9 Å². The van der Waals surface area contributed by atoms with Gasteiger partial charge in [0.1, 0.15) is 0 Å². The van der Waals surface area contributed by atoms with E-state index in [2.05, 4.69) is 0 Å². The molecular formula is C12H16CoFeO14. The normalized spacial score (nSPS) is 10.1. The average Bonchev–Trinajstić information content (AvgIpc) is 2.34. The largest absolute Gasteiger partial charge is 0.481 e. The smallest absolute Gasteiger partial charge is 0.336 e. The molecule has 0 aliphatic carbocycles. The molecule has 1 radical (unpaired) electrons. The van der Waals surface area contributed by atoms with Gasteiger partial charge < -0.3 is 40.9 Å². The van der Waals surface area contributed by atoms with Crippen LogP contribution in [0.25, 0.3) is 0 Å². The Labute approximate surface area is 176 Å². The third kappa shape index (κ3) is 13.9. The number of carboxylic acids is 6. The summed E-state index contributed by atoms with van der Waals surface area (Å²) in [6.45, 7) is 0. The maximum absolute atomic E-state index is 10.3. The van der Waals surface area contributed by atoms with Gasteiger partial charge in [-0.3, -0.25) is 19.2 Å². The molecule has 0 aromatic carbocycles. The van der Waals surface area contributed by atoms with E-state index in [1.54, 1.807) is 0 Å². The number of hydrogen-bond acceptors (Lipinski definition) is 8. The molecule has 0 saturated heterocycles. The van der Waals surface area contributed by atoms with E-state index in [0.29, 0.717) is 0 Å². The van der Waals surface area contributed by atoms with E-state index in [-0.39, 0.29) is 33.8 Å². The Morgan fingerprint density at radius 3 is 0.714 bits per heavy atom. The van der Waals surface area contributed by atoms with Crippen molar-refractivity contribution >= 4 is 35.8 Å². The molecule has 14 nitrogen and oxygen atoms in total. The third-order valence-corrected chi connectivity index (χ3v) is 2.57. The summed E-state index contributed by atoms with van der Waals surface area (Å²) in [5.41, 5.74) is -5.48. The Hall–Kier alpha value is -2.23. The summed E-state index contributed by atoms with van der Waals surface area (Å²) >= 11 is 0. The van der Waals surface area contributed by atoms with Crippen LogP contribution in [0.2, 0.25) is 0 Å². The van der Waals surface area contributed by atoms with Crippen molar-refractivity contribution in [2.45, 2.75) is 36.9 Å². The second kappa shape index (κ2) is 13.9. The van der Waals surface area contributed by atoms with Gasteiger partial charge in [-0.1, -0.05) is 0 Å². The fourth-order valence-electron chi connectivity index (χ4n) is 1.43. The van der Waals surface area contributed by atoms with Crippen LogP contribution >= 0.6 is 0 Å². The van der Waals surface area contributed by atoms with Gasteiger partial charge in [0.05, 0.1) is 25.7 Å². The number of carboxylic acid groups (broad SMARTS) is 6. The monoisotopic (exact) mass is 499 g/mol. The molecule has 0 bridgehead atoms. The van der Waals surface area contributed by atoms with Crippen molar-refractivity contribution in [3.05, 3.63) is 0 Å². The third-order valence-electron chi connectivity index (χ3n) is 2.57. The van der Waals surface area contributed by atoms with Gasteiger partial charge in [-0.25, -0.2) is 9.59 Å². The van der Waals surface area contributed by atoms with E-state index in [1.807, 2.05) is 0 Å². The first-order valence-corrected chi connectivity index (χ1v) is 6.34. The number of aliphatic carboxylic acids is 6. The summed E-state index contributed by atoms with van der Waals surface area (Å²) in [6, 6.07) is 0. The van der Waals surface area contributed by atoms with Crippen LogP contribution in [0.15, 0.2) is 0 Å². The molecule has 0 fully saturated rings. The average molecular weight is 499 g/mol. The van der Waals surface area contributed by atoms with E-state index < -0.39 is 72.7 Å². The Balaban J connectivity index is -0.000000192. The minimum absolute atomic E-state index is 0. The van der Waals surface area contributed by atoms with Crippen LogP contribution in [0.3, 0.4) is 0 Å². The van der Waals surface area contributed by atoms with Crippen molar-refractivity contribution in [3.8, 4) is 0 Å². The van der Waals surface area contributed by atoms with Gasteiger partial charge in [0, 0.05) is 33.8 Å². The molecule has 165 valence electrons. The molecule has 0 atom stereocenters. The van der Waals surface area contributed by atoms with Crippen LogP contribution in [-0.2, 0) is 62.6 Å². The zero-order chi connectivity index (χ0) is 21.3. The molecule has 0 unspecified atom stereocenters. The SMILES string of the molecule is O=C(O)CC(O)(CC(=O)O)C(=O)O.O=C(O)CC(O)(CC(=O)O)C(=O)O.[Co].[Fe]. The van der Waals surface area contributed by atoms with Crippen LogP contribution < -0.4 is 0 Å². The summed E-state index contributed by atoms with van der Waals surface area (Å²) in [4.78, 5) is 61.0. The van der Waals surface area contributed by atoms with Crippen LogP contribution in [0.5, 0.6) is 0 Å². The van der Waals surface area contributed by atoms with Gasteiger partial charge in [-0.2, -0.15) is 0 Å². The zero-order valence-corrected chi connectivity index (χ0v) is 15.7. The van der Waals surface area contributed by atoms with Gasteiger partial charge in [0.25, 0.3) is 0 Å². The number of hydrogen-bond donors (Lipinski definition) is 8. The van der Waals surface area contributed by atoms with Crippen LogP contribution in [0.4, 0.5) is 0 Å². The van der Waals surface area contributed by atoms with Gasteiger partial charge >= 0.3 is 35.8 Å². The van der Waals surface area contributed by atoms with Gasteiger partial charge in [-0.15, -0.1) is 0 Å². The number of aliphatic hydroxyl groups is 2. The van der Waals surface area contributed by atoms with Crippen LogP contribution in [0.1, 0.15) is 25.7 Å². The molecule has 0 spiro atoms. The van der Waals surface area contributed by atoms with Crippen molar-refractivity contribution in [1.82, 2.24) is 0 Å². The van der Waals surface area contributed by atoms with Gasteiger partial charge in [0.15, 0.2) is 11.2 Å². The summed E-state index contributed by atoms with van der Waals surface area (Å²) in [6.07, 6.45) is -4.58. The maximum atomic E-state index is 10.3. The number of carbonyl (C=O) groups is 6. The van der Waals surface area contributed by atoms with Gasteiger partial charge in [0.2, 0.25) is 0 Å². The molecule has 0 rings (SSSR count). The molecule has 0 aliphatic rings. The summed E-state index contributed by atoms with van der Waals surface area (Å²) in [5, 5.41) is 67.6. The predicted molar refractivity (Wildman–Crippen MR) is 74.2 cm³/mol. The maximum Gasteiger partial charge on any atom is 0.336 e. The molecule has 0 aliphatic heterocycles. The standard InChI is InChI=1S/2C6H8O7.Co.Fe/c2*7-3(8)1-6(13,5(11)12)2-4(9)10;;/h2*13H,1-2H2,(H,7,8)(H,9,10)(H,11,12);;. The molecule has 0 amide bonds. The topological polar surface area (TPSA) is 264 Å². The van der Waals surface area contributed by atoms with Crippen molar-refractivity contribution in [3.63, 3.8) is 0 Å². The second-order valence-electron chi connectivity index (χ2n) is 4.96. The molecule has 0 heterocycles. The summed E-state index contributed by atoms with van der Waals surface area (Å²) in [7, 11) is 0. The van der Waals surface area contributed by atoms with E-state index in [0.717, 1.165) is 0 Å². The molecule has 0 saturated carbocycles. The van der Waals surface area contributed by atoms with Crippen molar-refractivity contribution in [1.29, 1.82) is 0 Å². The molecular weight excluding hydrogens is 483 g/mol. The minimum Gasteiger partial charge on any atom is -0.481 e. The fraction of sp³-hybridized carbons (Fsp3) is 0.500. The molecule has 16 heteroatoms. The van der Waals surface area contributed by atoms with E-state index in [1.165, 1.54) is 0 Å². The number of rotatable bonds is 10. The minimum atomic E-state index is -2.74. The molecule has 0 aromatic heterocycles. The first-order chi connectivity index (χ1) is 11.6. The van der Waals surface area contributed by atoms with Crippen molar-refractivity contribution in [2.24, 2.45) is 0 Å². The molecule has 28 heavy (non-hydrogen) atoms. The van der Waals surface area contributed by atoms with Gasteiger partial charge in [-0.05, 0) is 0 Å². The van der Waals surface area contributed by atoms with Crippen molar-refractivity contribution < 1.29 is 103 Å². The first kappa shape index (κ1) is 33.4. The summed E-state index contributed by atoms with van der Waals surface area (Å²) < 4.78 is 0. The molecule has 8 N–H and O–H groups in total. The van der Waals surface area contributed by atoms with Crippen LogP contribution in [0, 0.1) is 0 Å². The Morgan fingerprint density at radius 2 is 0.643 bits per heavy atom. The quantitative estimate of drug-likeness (QED) is 0.145. The Bertz CT molecular complexity index is 519. The first-order valence-electron chi connectivity index (χ1n) is 6.34. The van der Waals surface area contributed by atoms with E-state index in [9.17, 15) is 28.8 Å². The van der Waals surface area contributed by atoms with E-state index >= 15 is 0 Å². The second-order valence-corrected chi connectivity index (χ2v) is 4.96. The Kier molecular flexibility index (Phi) is 16.5.